The molecule has 0 unspecified atom stereocenters. The number of fused-ring (bicyclic) bond motifs is 1. The van der Waals surface area contributed by atoms with Gasteiger partial charge in [-0.3, -0.25) is 0 Å². The molecule has 1 aromatic carbocycles. The average Bonchev–Trinajstić information content (AvgIpc) is 3.14. The lowest BCUT2D eigenvalue weighted by Gasteiger charge is -2.29. The van der Waals surface area contributed by atoms with Crippen molar-refractivity contribution in [2.24, 2.45) is 5.41 Å². The van der Waals surface area contributed by atoms with Crippen LogP contribution in [0, 0.1) is 5.41 Å². The molecule has 1 atom stereocenters. The molecule has 2 amide bonds. The highest BCUT2D eigenvalue weighted by Gasteiger charge is 2.25. The fourth-order valence-corrected chi connectivity index (χ4v) is 2.96. The number of nitrogens with zero attached hydrogens (tertiary/aromatic N) is 3. The Hall–Kier alpha value is -2.41. The van der Waals surface area contributed by atoms with Crippen molar-refractivity contribution in [3.63, 3.8) is 0 Å². The number of anilines is 1. The van der Waals surface area contributed by atoms with Crippen molar-refractivity contribution in [1.82, 2.24) is 20.1 Å². The van der Waals surface area contributed by atoms with Gasteiger partial charge >= 0.3 is 6.03 Å². The SMILES string of the molecule is CC(C)(C)[C@@H](CO)NC(=O)Nc1cccc(-c2nnc3n2CCC3)c1. The van der Waals surface area contributed by atoms with Crippen molar-refractivity contribution < 1.29 is 9.90 Å². The van der Waals surface area contributed by atoms with Crippen LogP contribution < -0.4 is 10.6 Å². The molecule has 0 aliphatic carbocycles. The minimum atomic E-state index is -0.336. The quantitative estimate of drug-likeness (QED) is 0.795. The van der Waals surface area contributed by atoms with E-state index in [-0.39, 0.29) is 24.1 Å². The van der Waals surface area contributed by atoms with Crippen LogP contribution in [0.25, 0.3) is 11.4 Å². The Morgan fingerprint density at radius 2 is 2.16 bits per heavy atom. The molecule has 1 aliphatic rings. The van der Waals surface area contributed by atoms with Gasteiger partial charge in [0.15, 0.2) is 5.82 Å². The van der Waals surface area contributed by atoms with E-state index < -0.39 is 0 Å². The van der Waals surface area contributed by atoms with Crippen LogP contribution in [0.1, 0.15) is 33.0 Å². The Kier molecular flexibility index (Phi) is 4.76. The number of hydrogen-bond acceptors (Lipinski definition) is 4. The monoisotopic (exact) mass is 343 g/mol. The topological polar surface area (TPSA) is 92.1 Å². The minimum absolute atomic E-state index is 0.108. The Bertz CT molecular complexity index is 763. The number of aryl methyl sites for hydroxylation is 1. The molecule has 0 bridgehead atoms. The van der Waals surface area contributed by atoms with Gasteiger partial charge in [0.25, 0.3) is 0 Å². The van der Waals surface area contributed by atoms with Gasteiger partial charge < -0.3 is 20.3 Å². The zero-order valence-electron chi connectivity index (χ0n) is 14.9. The van der Waals surface area contributed by atoms with Crippen LogP contribution in [-0.4, -0.2) is 38.6 Å². The summed E-state index contributed by atoms with van der Waals surface area (Å²) in [5.41, 5.74) is 1.37. The Labute approximate surface area is 147 Å². The van der Waals surface area contributed by atoms with Crippen molar-refractivity contribution in [3.8, 4) is 11.4 Å². The van der Waals surface area contributed by atoms with Crippen LogP contribution >= 0.6 is 0 Å². The molecule has 25 heavy (non-hydrogen) atoms. The van der Waals surface area contributed by atoms with Crippen molar-refractivity contribution >= 4 is 11.7 Å². The highest BCUT2D eigenvalue weighted by Crippen LogP contribution is 2.25. The van der Waals surface area contributed by atoms with Gasteiger partial charge in [0, 0.05) is 24.2 Å². The molecule has 2 heterocycles. The predicted octanol–water partition coefficient (Wildman–Crippen LogP) is 2.42. The van der Waals surface area contributed by atoms with E-state index >= 15 is 0 Å². The highest BCUT2D eigenvalue weighted by atomic mass is 16.3. The first kappa shape index (κ1) is 17.4. The molecule has 1 aliphatic heterocycles. The third-order valence-corrected chi connectivity index (χ3v) is 4.52. The minimum Gasteiger partial charge on any atom is -0.394 e. The first-order valence-electron chi connectivity index (χ1n) is 8.59. The standard InChI is InChI=1S/C18H25N5O2/c1-18(2,3)14(11-24)20-17(25)19-13-7-4-6-12(10-13)16-22-21-15-8-5-9-23(15)16/h4,6-7,10,14,24H,5,8-9,11H2,1-3H3,(H2,19,20,25)/t14-/m1/s1. The van der Waals surface area contributed by atoms with E-state index in [2.05, 4.69) is 25.4 Å². The number of benzene rings is 1. The van der Waals surface area contributed by atoms with Crippen molar-refractivity contribution in [1.29, 1.82) is 0 Å². The fourth-order valence-electron chi connectivity index (χ4n) is 2.96. The number of carbonyl (C=O) groups excluding carboxylic acids is 1. The molecule has 0 saturated carbocycles. The van der Waals surface area contributed by atoms with Gasteiger partial charge in [-0.25, -0.2) is 4.79 Å². The molecule has 0 fully saturated rings. The summed E-state index contributed by atoms with van der Waals surface area (Å²) in [4.78, 5) is 12.2. The van der Waals surface area contributed by atoms with E-state index in [1.54, 1.807) is 0 Å². The summed E-state index contributed by atoms with van der Waals surface area (Å²) < 4.78 is 2.13. The Balaban J connectivity index is 1.73. The van der Waals surface area contributed by atoms with Gasteiger partial charge in [0.2, 0.25) is 0 Å². The zero-order chi connectivity index (χ0) is 18.0. The first-order chi connectivity index (χ1) is 11.9. The van der Waals surface area contributed by atoms with Gasteiger partial charge in [0.05, 0.1) is 12.6 Å². The summed E-state index contributed by atoms with van der Waals surface area (Å²) in [6, 6.07) is 6.91. The maximum absolute atomic E-state index is 12.2. The second kappa shape index (κ2) is 6.84. The summed E-state index contributed by atoms with van der Waals surface area (Å²) >= 11 is 0. The number of urea groups is 1. The lowest BCUT2D eigenvalue weighted by Crippen LogP contribution is -2.47. The molecule has 7 nitrogen and oxygen atoms in total. The highest BCUT2D eigenvalue weighted by molar-refractivity contribution is 5.90. The Morgan fingerprint density at radius 3 is 2.88 bits per heavy atom. The van der Waals surface area contributed by atoms with Crippen LogP contribution in [0.5, 0.6) is 0 Å². The third kappa shape index (κ3) is 3.82. The number of rotatable bonds is 4. The summed E-state index contributed by atoms with van der Waals surface area (Å²) in [5.74, 6) is 1.85. The average molecular weight is 343 g/mol. The lowest BCUT2D eigenvalue weighted by molar-refractivity contribution is 0.162. The number of aromatic nitrogens is 3. The first-order valence-corrected chi connectivity index (χ1v) is 8.59. The van der Waals surface area contributed by atoms with Gasteiger partial charge in [-0.2, -0.15) is 0 Å². The molecule has 134 valence electrons. The fraction of sp³-hybridized carbons (Fsp3) is 0.500. The molecule has 0 spiro atoms. The van der Waals surface area contributed by atoms with E-state index in [1.165, 1.54) is 0 Å². The normalized spacial score (nSPS) is 14.9. The molecule has 3 rings (SSSR count). The third-order valence-electron chi connectivity index (χ3n) is 4.52. The second-order valence-corrected chi connectivity index (χ2v) is 7.48. The number of aliphatic hydroxyl groups excluding tert-OH is 1. The summed E-state index contributed by atoms with van der Waals surface area (Å²) in [6.07, 6.45) is 2.05. The van der Waals surface area contributed by atoms with E-state index in [0.29, 0.717) is 5.69 Å². The number of nitrogens with one attached hydrogen (secondary N) is 2. The lowest BCUT2D eigenvalue weighted by atomic mass is 9.87. The van der Waals surface area contributed by atoms with Gasteiger partial charge in [-0.1, -0.05) is 32.9 Å². The summed E-state index contributed by atoms with van der Waals surface area (Å²) in [7, 11) is 0. The van der Waals surface area contributed by atoms with E-state index in [4.69, 9.17) is 0 Å². The summed E-state index contributed by atoms with van der Waals surface area (Å²) in [6.45, 7) is 6.74. The number of amides is 2. The molecule has 0 saturated heterocycles. The van der Waals surface area contributed by atoms with E-state index in [9.17, 15) is 9.90 Å². The van der Waals surface area contributed by atoms with Crippen LogP contribution in [0.15, 0.2) is 24.3 Å². The molecule has 0 radical (unpaired) electrons. The zero-order valence-corrected chi connectivity index (χ0v) is 14.9. The van der Waals surface area contributed by atoms with Gasteiger partial charge in [-0.05, 0) is 24.0 Å². The number of aliphatic hydroxyl groups is 1. The smallest absolute Gasteiger partial charge is 0.319 e. The molecule has 7 heteroatoms. The molecular formula is C18H25N5O2. The van der Waals surface area contributed by atoms with Crippen molar-refractivity contribution in [3.05, 3.63) is 30.1 Å². The van der Waals surface area contributed by atoms with Crippen molar-refractivity contribution in [2.75, 3.05) is 11.9 Å². The molecule has 3 N–H and O–H groups in total. The van der Waals surface area contributed by atoms with Crippen molar-refractivity contribution in [2.45, 2.75) is 46.2 Å². The molecule has 1 aromatic heterocycles. The maximum atomic E-state index is 12.2. The maximum Gasteiger partial charge on any atom is 0.319 e. The van der Waals surface area contributed by atoms with Gasteiger partial charge in [-0.15, -0.1) is 10.2 Å². The van der Waals surface area contributed by atoms with Crippen LogP contribution in [0.4, 0.5) is 10.5 Å². The molecule has 2 aromatic rings. The molecular weight excluding hydrogens is 318 g/mol. The van der Waals surface area contributed by atoms with Crippen LogP contribution in [0.2, 0.25) is 0 Å². The van der Waals surface area contributed by atoms with Gasteiger partial charge in [0.1, 0.15) is 5.82 Å². The summed E-state index contributed by atoms with van der Waals surface area (Å²) in [5, 5.41) is 23.6. The Morgan fingerprint density at radius 1 is 1.36 bits per heavy atom. The second-order valence-electron chi connectivity index (χ2n) is 7.48. The van der Waals surface area contributed by atoms with Crippen LogP contribution in [-0.2, 0) is 13.0 Å². The number of carbonyl (C=O) groups is 1. The largest absolute Gasteiger partial charge is 0.394 e. The van der Waals surface area contributed by atoms with E-state index in [0.717, 1.165) is 36.6 Å². The number of hydrogen-bond donors (Lipinski definition) is 3. The van der Waals surface area contributed by atoms with Crippen LogP contribution in [0.3, 0.4) is 0 Å². The predicted molar refractivity (Wildman–Crippen MR) is 96.3 cm³/mol. The van der Waals surface area contributed by atoms with E-state index in [1.807, 2.05) is 45.0 Å².